The molecule has 0 aliphatic heterocycles. The van der Waals surface area contributed by atoms with Crippen LogP contribution < -0.4 is 10.9 Å². The fourth-order valence-electron chi connectivity index (χ4n) is 3.42. The number of halogens is 3. The van der Waals surface area contributed by atoms with Gasteiger partial charge in [0, 0.05) is 30.3 Å². The average Bonchev–Trinajstić information content (AvgIpc) is 3.10. The summed E-state index contributed by atoms with van der Waals surface area (Å²) in [5, 5.41) is 5.96. The number of alkyl halides is 2. The Hall–Kier alpha value is -2.57. The maximum Gasteiger partial charge on any atom is 0.271 e. The Morgan fingerprint density at radius 1 is 1.23 bits per heavy atom. The van der Waals surface area contributed by atoms with Crippen LogP contribution in [-0.4, -0.2) is 16.7 Å². The molecule has 2 aromatic rings. The van der Waals surface area contributed by atoms with Gasteiger partial charge in [-0.2, -0.15) is 0 Å². The molecule has 1 aliphatic rings. The highest BCUT2D eigenvalue weighted by Gasteiger charge is 2.31. The number of nitrogens with zero attached hydrogens (tertiary/aromatic N) is 1. The van der Waals surface area contributed by atoms with Gasteiger partial charge in [-0.1, -0.05) is 46.8 Å². The molecule has 0 spiro atoms. The van der Waals surface area contributed by atoms with Gasteiger partial charge in [0.25, 0.3) is 11.5 Å². The molecule has 1 saturated carbocycles. The Balaban J connectivity index is 2.12. The summed E-state index contributed by atoms with van der Waals surface area (Å²) in [4.78, 5) is 14.9. The van der Waals surface area contributed by atoms with Gasteiger partial charge in [-0.25, -0.2) is 8.78 Å². The van der Waals surface area contributed by atoms with Crippen molar-refractivity contribution in [1.82, 2.24) is 4.98 Å². The van der Waals surface area contributed by atoms with E-state index in [2.05, 4.69) is 15.5 Å². The van der Waals surface area contributed by atoms with Crippen molar-refractivity contribution in [3.8, 4) is 0 Å². The van der Waals surface area contributed by atoms with Crippen LogP contribution in [0.2, 0.25) is 0 Å². The first kappa shape index (κ1) is 18.2. The van der Waals surface area contributed by atoms with Gasteiger partial charge in [0.1, 0.15) is 5.71 Å². The normalized spacial score (nSPS) is 16.1. The number of H-pyrrole nitrogens is 1. The van der Waals surface area contributed by atoms with E-state index >= 15 is 0 Å². The van der Waals surface area contributed by atoms with Crippen LogP contribution in [0.1, 0.15) is 49.3 Å². The minimum atomic E-state index is -3.20. The maximum absolute atomic E-state index is 14.0. The van der Waals surface area contributed by atoms with Gasteiger partial charge in [0.15, 0.2) is 0 Å². The zero-order valence-corrected chi connectivity index (χ0v) is 14.4. The second-order valence-corrected chi connectivity index (χ2v) is 6.59. The number of hydrogen-bond donors (Lipinski definition) is 2. The third kappa shape index (κ3) is 3.66. The summed E-state index contributed by atoms with van der Waals surface area (Å²) in [6.07, 6.45) is 5.48. The van der Waals surface area contributed by atoms with Gasteiger partial charge >= 0.3 is 0 Å². The SMILES string of the molecule is CC(F)(F)c1ccccc1/C(=N\F)c1c(NC2CCCC2)cc[nH]c1=O. The van der Waals surface area contributed by atoms with Gasteiger partial charge in [-0.05, 0) is 18.9 Å². The summed E-state index contributed by atoms with van der Waals surface area (Å²) in [5.41, 5.74) is -1.15. The van der Waals surface area contributed by atoms with Crippen molar-refractivity contribution in [2.24, 2.45) is 5.21 Å². The van der Waals surface area contributed by atoms with Crippen molar-refractivity contribution >= 4 is 11.4 Å². The van der Waals surface area contributed by atoms with E-state index in [0.29, 0.717) is 5.69 Å². The molecule has 1 aliphatic carbocycles. The lowest BCUT2D eigenvalue weighted by Gasteiger charge is -2.19. The molecular weight excluding hydrogens is 343 g/mol. The molecule has 1 fully saturated rings. The van der Waals surface area contributed by atoms with Gasteiger partial charge in [-0.15, -0.1) is 0 Å². The third-order valence-corrected chi connectivity index (χ3v) is 4.65. The number of anilines is 1. The van der Waals surface area contributed by atoms with Crippen molar-refractivity contribution in [1.29, 1.82) is 0 Å². The van der Waals surface area contributed by atoms with Crippen LogP contribution in [0.5, 0.6) is 0 Å². The molecule has 0 atom stereocenters. The second kappa shape index (κ2) is 7.35. The van der Waals surface area contributed by atoms with Gasteiger partial charge in [-0.3, -0.25) is 4.79 Å². The van der Waals surface area contributed by atoms with Crippen LogP contribution >= 0.6 is 0 Å². The highest BCUT2D eigenvalue weighted by atomic mass is 19.3. The van der Waals surface area contributed by atoms with Gasteiger partial charge in [0.05, 0.1) is 11.3 Å². The lowest BCUT2D eigenvalue weighted by Crippen LogP contribution is -2.26. The first-order valence-corrected chi connectivity index (χ1v) is 8.57. The average molecular weight is 363 g/mol. The summed E-state index contributed by atoms with van der Waals surface area (Å²) < 4.78 is 41.6. The van der Waals surface area contributed by atoms with E-state index in [9.17, 15) is 18.1 Å². The molecule has 0 amide bonds. The molecule has 0 radical (unpaired) electrons. The lowest BCUT2D eigenvalue weighted by molar-refractivity contribution is 0.0173. The van der Waals surface area contributed by atoms with Gasteiger partial charge < -0.3 is 10.3 Å². The van der Waals surface area contributed by atoms with Crippen LogP contribution in [-0.2, 0) is 5.92 Å². The molecule has 4 nitrogen and oxygen atoms in total. The van der Waals surface area contributed by atoms with Crippen LogP contribution in [0.3, 0.4) is 0 Å². The predicted molar refractivity (Wildman–Crippen MR) is 95.7 cm³/mol. The molecule has 138 valence electrons. The largest absolute Gasteiger partial charge is 0.382 e. The van der Waals surface area contributed by atoms with E-state index < -0.39 is 17.2 Å². The topological polar surface area (TPSA) is 57.2 Å². The maximum atomic E-state index is 14.0. The molecular formula is C19H20F3N3O. The van der Waals surface area contributed by atoms with E-state index in [0.717, 1.165) is 32.6 Å². The van der Waals surface area contributed by atoms with E-state index in [1.165, 1.54) is 30.5 Å². The number of rotatable bonds is 5. The first-order valence-electron chi connectivity index (χ1n) is 8.57. The standard InChI is InChI=1S/C19H20F3N3O/c1-19(20,21)14-9-5-4-8-13(14)17(25-22)16-15(10-11-23-18(16)26)24-12-6-2-3-7-12/h4-5,8-12H,2-3,6-7H2,1H3,(H2,23,24,26)/b25-17+. The Morgan fingerprint density at radius 3 is 2.58 bits per heavy atom. The first-order chi connectivity index (χ1) is 12.4. The fourth-order valence-corrected chi connectivity index (χ4v) is 3.42. The van der Waals surface area contributed by atoms with Crippen molar-refractivity contribution in [3.63, 3.8) is 0 Å². The summed E-state index contributed by atoms with van der Waals surface area (Å²) in [6, 6.07) is 7.28. The molecule has 1 heterocycles. The highest BCUT2D eigenvalue weighted by molar-refractivity contribution is 6.16. The van der Waals surface area contributed by atoms with Crippen molar-refractivity contribution in [2.45, 2.75) is 44.6 Å². The number of aromatic amines is 1. The molecule has 1 aromatic carbocycles. The zero-order valence-electron chi connectivity index (χ0n) is 14.4. The number of aromatic nitrogens is 1. The number of hydrogen-bond acceptors (Lipinski definition) is 3. The molecule has 26 heavy (non-hydrogen) atoms. The van der Waals surface area contributed by atoms with E-state index in [1.807, 2.05) is 0 Å². The predicted octanol–water partition coefficient (Wildman–Crippen LogP) is 4.56. The third-order valence-electron chi connectivity index (χ3n) is 4.65. The van der Waals surface area contributed by atoms with Crippen molar-refractivity contribution in [3.05, 3.63) is 63.6 Å². The summed E-state index contributed by atoms with van der Waals surface area (Å²) in [6.45, 7) is 0.731. The quantitative estimate of drug-likeness (QED) is 0.765. The summed E-state index contributed by atoms with van der Waals surface area (Å²) in [5.74, 6) is -3.20. The molecule has 3 rings (SSSR count). The zero-order chi connectivity index (χ0) is 18.7. The molecule has 0 saturated heterocycles. The number of pyridine rings is 1. The fraction of sp³-hybridized carbons (Fsp3) is 0.368. The second-order valence-electron chi connectivity index (χ2n) is 6.59. The smallest absolute Gasteiger partial charge is 0.271 e. The van der Waals surface area contributed by atoms with Crippen LogP contribution in [0.4, 0.5) is 18.9 Å². The molecule has 0 unspecified atom stereocenters. The molecule has 2 N–H and O–H groups in total. The Bertz CT molecular complexity index is 865. The number of nitrogens with one attached hydrogen (secondary N) is 2. The summed E-state index contributed by atoms with van der Waals surface area (Å²) >= 11 is 0. The van der Waals surface area contributed by atoms with Crippen molar-refractivity contribution in [2.75, 3.05) is 5.32 Å². The Labute approximate surface area is 149 Å². The Kier molecular flexibility index (Phi) is 5.15. The lowest BCUT2D eigenvalue weighted by atomic mass is 9.94. The van der Waals surface area contributed by atoms with E-state index in [4.69, 9.17) is 0 Å². The van der Waals surface area contributed by atoms with Crippen LogP contribution in [0.25, 0.3) is 0 Å². The van der Waals surface area contributed by atoms with E-state index in [1.54, 1.807) is 6.07 Å². The Morgan fingerprint density at radius 2 is 1.92 bits per heavy atom. The van der Waals surface area contributed by atoms with Crippen LogP contribution in [0.15, 0.2) is 46.5 Å². The molecule has 1 aromatic heterocycles. The van der Waals surface area contributed by atoms with Crippen LogP contribution in [0, 0.1) is 0 Å². The van der Waals surface area contributed by atoms with E-state index in [-0.39, 0.29) is 22.7 Å². The highest BCUT2D eigenvalue weighted by Crippen LogP contribution is 2.32. The molecule has 0 bridgehead atoms. The summed E-state index contributed by atoms with van der Waals surface area (Å²) in [7, 11) is 0. The number of benzene rings is 1. The minimum absolute atomic E-state index is 0.0707. The molecule has 7 heteroatoms. The minimum Gasteiger partial charge on any atom is -0.382 e. The monoisotopic (exact) mass is 363 g/mol. The van der Waals surface area contributed by atoms with Crippen molar-refractivity contribution < 1.29 is 13.3 Å². The van der Waals surface area contributed by atoms with Gasteiger partial charge in [0.2, 0.25) is 0 Å².